The molecule has 0 saturated carbocycles. The molecule has 0 aromatic rings. The van der Waals surface area contributed by atoms with Gasteiger partial charge in [-0.1, -0.05) is 13.8 Å². The van der Waals surface area contributed by atoms with Crippen LogP contribution in [0, 0.1) is 11.8 Å². The summed E-state index contributed by atoms with van der Waals surface area (Å²) >= 11 is 0. The molecule has 0 aliphatic carbocycles. The van der Waals surface area contributed by atoms with Gasteiger partial charge in [-0.2, -0.15) is 0 Å². The molecule has 92 valence electrons. The fourth-order valence-corrected chi connectivity index (χ4v) is 1.88. The van der Waals surface area contributed by atoms with Crippen LogP contribution in [0.3, 0.4) is 0 Å². The van der Waals surface area contributed by atoms with Crippen molar-refractivity contribution in [2.75, 3.05) is 13.2 Å². The van der Waals surface area contributed by atoms with Crippen molar-refractivity contribution in [3.8, 4) is 0 Å². The highest BCUT2D eigenvalue weighted by Crippen LogP contribution is 2.08. The Kier molecular flexibility index (Phi) is 8.02. The van der Waals surface area contributed by atoms with Crippen LogP contribution < -0.4 is 11.5 Å². The molecule has 0 aliphatic heterocycles. The van der Waals surface area contributed by atoms with Crippen molar-refractivity contribution >= 4 is 0 Å². The van der Waals surface area contributed by atoms with Gasteiger partial charge in [0.25, 0.3) is 0 Å². The van der Waals surface area contributed by atoms with Gasteiger partial charge in [0.1, 0.15) is 0 Å². The predicted octanol–water partition coefficient (Wildman–Crippen LogP) is 1.75. The fraction of sp³-hybridized carbons (Fsp3) is 1.00. The van der Waals surface area contributed by atoms with Crippen molar-refractivity contribution in [3.63, 3.8) is 0 Å². The van der Waals surface area contributed by atoms with Gasteiger partial charge in [0, 0.05) is 25.3 Å². The summed E-state index contributed by atoms with van der Waals surface area (Å²) in [7, 11) is 0. The summed E-state index contributed by atoms with van der Waals surface area (Å²) in [4.78, 5) is 0. The first kappa shape index (κ1) is 14.9. The number of hydrogen-bond acceptors (Lipinski definition) is 3. The van der Waals surface area contributed by atoms with Gasteiger partial charge in [-0.3, -0.25) is 0 Å². The molecule has 0 heterocycles. The first-order valence-corrected chi connectivity index (χ1v) is 6.00. The molecule has 15 heavy (non-hydrogen) atoms. The third-order valence-electron chi connectivity index (χ3n) is 2.35. The minimum absolute atomic E-state index is 0.269. The highest BCUT2D eigenvalue weighted by molar-refractivity contribution is 4.62. The van der Waals surface area contributed by atoms with Crippen LogP contribution in [0.25, 0.3) is 0 Å². The zero-order valence-electron chi connectivity index (χ0n) is 10.7. The number of ether oxygens (including phenoxy) is 1. The SMILES string of the molecule is CC(N)CC(C)COCC(C)CC(C)N. The molecule has 0 aromatic heterocycles. The van der Waals surface area contributed by atoms with Gasteiger partial charge in [0.2, 0.25) is 0 Å². The van der Waals surface area contributed by atoms with Crippen LogP contribution in [0.5, 0.6) is 0 Å². The van der Waals surface area contributed by atoms with Crippen LogP contribution in [0.2, 0.25) is 0 Å². The van der Waals surface area contributed by atoms with Crippen molar-refractivity contribution in [1.82, 2.24) is 0 Å². The van der Waals surface area contributed by atoms with E-state index in [2.05, 4.69) is 13.8 Å². The summed E-state index contributed by atoms with van der Waals surface area (Å²) in [5.74, 6) is 1.10. The molecule has 3 nitrogen and oxygen atoms in total. The maximum absolute atomic E-state index is 5.72. The summed E-state index contributed by atoms with van der Waals surface area (Å²) in [6.45, 7) is 10.1. The number of nitrogens with two attached hydrogens (primary N) is 2. The summed E-state index contributed by atoms with van der Waals surface area (Å²) in [5.41, 5.74) is 11.4. The monoisotopic (exact) mass is 216 g/mol. The summed E-state index contributed by atoms with van der Waals surface area (Å²) in [5, 5.41) is 0. The largest absolute Gasteiger partial charge is 0.381 e. The molecule has 4 unspecified atom stereocenters. The van der Waals surface area contributed by atoms with Crippen molar-refractivity contribution in [2.24, 2.45) is 23.3 Å². The Hall–Kier alpha value is -0.120. The average molecular weight is 216 g/mol. The highest BCUT2D eigenvalue weighted by Gasteiger charge is 2.08. The summed E-state index contributed by atoms with van der Waals surface area (Å²) < 4.78 is 5.65. The van der Waals surface area contributed by atoms with E-state index in [0.29, 0.717) is 11.8 Å². The molecule has 0 aromatic carbocycles. The van der Waals surface area contributed by atoms with E-state index in [0.717, 1.165) is 26.1 Å². The first-order chi connectivity index (χ1) is 6.91. The van der Waals surface area contributed by atoms with E-state index in [1.165, 1.54) is 0 Å². The third kappa shape index (κ3) is 10.2. The molecule has 3 heteroatoms. The molecule has 0 aliphatic rings. The van der Waals surface area contributed by atoms with Gasteiger partial charge in [0.15, 0.2) is 0 Å². The van der Waals surface area contributed by atoms with Gasteiger partial charge in [-0.25, -0.2) is 0 Å². The molecule has 0 rings (SSSR count). The normalized spacial score (nSPS) is 19.6. The molecule has 4 N–H and O–H groups in total. The van der Waals surface area contributed by atoms with Gasteiger partial charge in [0.05, 0.1) is 0 Å². The van der Waals surface area contributed by atoms with Crippen LogP contribution in [0.1, 0.15) is 40.5 Å². The van der Waals surface area contributed by atoms with E-state index >= 15 is 0 Å². The Bertz CT molecular complexity index is 133. The standard InChI is InChI=1S/C12H28N2O/c1-9(5-11(3)13)7-15-8-10(2)6-12(4)14/h9-12H,5-8,13-14H2,1-4H3. The summed E-state index contributed by atoms with van der Waals surface area (Å²) in [6, 6.07) is 0.537. The Morgan fingerprint density at radius 2 is 1.13 bits per heavy atom. The molecular weight excluding hydrogens is 188 g/mol. The zero-order chi connectivity index (χ0) is 11.8. The lowest BCUT2D eigenvalue weighted by molar-refractivity contribution is 0.0728. The second kappa shape index (κ2) is 8.08. The van der Waals surface area contributed by atoms with Crippen molar-refractivity contribution in [2.45, 2.75) is 52.6 Å². The minimum Gasteiger partial charge on any atom is -0.381 e. The van der Waals surface area contributed by atoms with Crippen molar-refractivity contribution in [3.05, 3.63) is 0 Å². The van der Waals surface area contributed by atoms with Gasteiger partial charge < -0.3 is 16.2 Å². The van der Waals surface area contributed by atoms with Crippen LogP contribution in [0.4, 0.5) is 0 Å². The fourth-order valence-electron chi connectivity index (χ4n) is 1.88. The Labute approximate surface area is 94.5 Å². The Morgan fingerprint density at radius 3 is 1.40 bits per heavy atom. The molecule has 0 bridgehead atoms. The van der Waals surface area contributed by atoms with Crippen molar-refractivity contribution in [1.29, 1.82) is 0 Å². The molecule has 0 spiro atoms. The highest BCUT2D eigenvalue weighted by atomic mass is 16.5. The number of hydrogen-bond donors (Lipinski definition) is 2. The second-order valence-corrected chi connectivity index (χ2v) is 5.17. The quantitative estimate of drug-likeness (QED) is 0.650. The lowest BCUT2D eigenvalue weighted by Gasteiger charge is -2.17. The molecule has 0 saturated heterocycles. The average Bonchev–Trinajstić information content (AvgIpc) is 2.00. The molecule has 0 radical (unpaired) electrons. The van der Waals surface area contributed by atoms with E-state index in [1.807, 2.05) is 13.8 Å². The lowest BCUT2D eigenvalue weighted by Crippen LogP contribution is -2.23. The first-order valence-electron chi connectivity index (χ1n) is 6.00. The van der Waals surface area contributed by atoms with Crippen LogP contribution in [-0.2, 0) is 4.74 Å². The van der Waals surface area contributed by atoms with Crippen LogP contribution in [-0.4, -0.2) is 25.3 Å². The Balaban J connectivity index is 3.44. The topological polar surface area (TPSA) is 61.3 Å². The van der Waals surface area contributed by atoms with Gasteiger partial charge >= 0.3 is 0 Å². The second-order valence-electron chi connectivity index (χ2n) is 5.17. The van der Waals surface area contributed by atoms with E-state index in [9.17, 15) is 0 Å². The van der Waals surface area contributed by atoms with Crippen LogP contribution in [0.15, 0.2) is 0 Å². The molecule has 0 fully saturated rings. The van der Waals surface area contributed by atoms with E-state index in [4.69, 9.17) is 16.2 Å². The maximum atomic E-state index is 5.72. The van der Waals surface area contributed by atoms with Crippen LogP contribution >= 0.6 is 0 Å². The molecule has 4 atom stereocenters. The smallest absolute Gasteiger partial charge is 0.0492 e. The maximum Gasteiger partial charge on any atom is 0.0492 e. The third-order valence-corrected chi connectivity index (χ3v) is 2.35. The van der Waals surface area contributed by atoms with Gasteiger partial charge in [-0.05, 0) is 38.5 Å². The molecule has 0 amide bonds. The zero-order valence-corrected chi connectivity index (χ0v) is 10.7. The van der Waals surface area contributed by atoms with E-state index < -0.39 is 0 Å². The Morgan fingerprint density at radius 1 is 0.800 bits per heavy atom. The summed E-state index contributed by atoms with van der Waals surface area (Å²) in [6.07, 6.45) is 2.06. The lowest BCUT2D eigenvalue weighted by atomic mass is 10.0. The van der Waals surface area contributed by atoms with E-state index in [-0.39, 0.29) is 12.1 Å². The predicted molar refractivity (Wildman–Crippen MR) is 65.7 cm³/mol. The molecular formula is C12H28N2O. The van der Waals surface area contributed by atoms with Gasteiger partial charge in [-0.15, -0.1) is 0 Å². The minimum atomic E-state index is 0.269. The van der Waals surface area contributed by atoms with Crippen molar-refractivity contribution < 1.29 is 4.74 Å². The number of rotatable bonds is 8. The van der Waals surface area contributed by atoms with E-state index in [1.54, 1.807) is 0 Å².